The highest BCUT2D eigenvalue weighted by molar-refractivity contribution is 7.91. The first-order valence-corrected chi connectivity index (χ1v) is 10.0. The minimum Gasteiger partial charge on any atom is -0.611 e. The summed E-state index contributed by atoms with van der Waals surface area (Å²) < 4.78 is 55.1. The summed E-state index contributed by atoms with van der Waals surface area (Å²) in [5, 5.41) is 4.61. The molecule has 0 aliphatic carbocycles. The highest BCUT2D eigenvalue weighted by Crippen LogP contribution is 2.35. The molecule has 4 heterocycles. The van der Waals surface area contributed by atoms with Gasteiger partial charge in [0.1, 0.15) is 11.4 Å². The van der Waals surface area contributed by atoms with Gasteiger partial charge in [-0.15, -0.1) is 0 Å². The van der Waals surface area contributed by atoms with Crippen LogP contribution in [0.15, 0.2) is 17.2 Å². The molecule has 1 aliphatic rings. The number of pyridine rings is 1. The van der Waals surface area contributed by atoms with Crippen molar-refractivity contribution in [1.82, 2.24) is 24.3 Å². The summed E-state index contributed by atoms with van der Waals surface area (Å²) in [4.78, 5) is 8.56. The molecule has 1 atom stereocenters. The minimum atomic E-state index is -4.53. The van der Waals surface area contributed by atoms with Gasteiger partial charge < -0.3 is 9.12 Å². The number of imidazole rings is 1. The molecule has 0 N–H and O–H groups in total. The Labute approximate surface area is 156 Å². The predicted octanol–water partition coefficient (Wildman–Crippen LogP) is 3.31. The van der Waals surface area contributed by atoms with Gasteiger partial charge in [0.2, 0.25) is 4.90 Å². The third-order valence-electron chi connectivity index (χ3n) is 4.80. The lowest BCUT2D eigenvalue weighted by atomic mass is 10.1. The van der Waals surface area contributed by atoms with Crippen LogP contribution in [0, 0.1) is 0 Å². The Balaban J connectivity index is 1.92. The summed E-state index contributed by atoms with van der Waals surface area (Å²) in [5.41, 5.74) is 1.10. The van der Waals surface area contributed by atoms with Crippen LogP contribution in [0.3, 0.4) is 0 Å². The number of aryl methyl sites for hydroxylation is 2. The number of nitrogens with zero attached hydrogens (tertiary/aromatic N) is 5. The fourth-order valence-corrected chi connectivity index (χ4v) is 4.55. The van der Waals surface area contributed by atoms with E-state index in [2.05, 4.69) is 15.1 Å². The molecule has 3 aromatic heterocycles. The lowest BCUT2D eigenvalue weighted by molar-refractivity contribution is -0.141. The second-order valence-electron chi connectivity index (χ2n) is 6.49. The van der Waals surface area contributed by atoms with Gasteiger partial charge in [-0.2, -0.15) is 18.3 Å². The number of hydrogen-bond acceptors (Lipinski definition) is 4. The molecule has 0 radical (unpaired) electrons. The SMILES string of the molecule is CC[S+]([O-])c1c(-c2nc3cc(C(F)(F)F)ncc3n2C)nn2c1CCCC2. The van der Waals surface area contributed by atoms with Crippen LogP contribution >= 0.6 is 0 Å². The van der Waals surface area contributed by atoms with E-state index in [1.54, 1.807) is 11.6 Å². The zero-order valence-corrected chi connectivity index (χ0v) is 15.7. The first kappa shape index (κ1) is 18.3. The van der Waals surface area contributed by atoms with Gasteiger partial charge in [0.05, 0.1) is 22.9 Å². The van der Waals surface area contributed by atoms with Crippen molar-refractivity contribution >= 4 is 22.2 Å². The molecule has 0 aromatic carbocycles. The maximum absolute atomic E-state index is 13.0. The fraction of sp³-hybridized carbons (Fsp3) is 0.471. The zero-order valence-electron chi connectivity index (χ0n) is 14.9. The van der Waals surface area contributed by atoms with Gasteiger partial charge in [0, 0.05) is 13.6 Å². The van der Waals surface area contributed by atoms with Crippen LogP contribution in [0.4, 0.5) is 13.2 Å². The molecule has 0 amide bonds. The van der Waals surface area contributed by atoms with Gasteiger partial charge in [-0.3, -0.25) is 4.68 Å². The molecule has 0 fully saturated rings. The molecule has 1 unspecified atom stereocenters. The average molecular weight is 397 g/mol. The Hall–Kier alpha value is -2.07. The van der Waals surface area contributed by atoms with Crippen LogP contribution in [0.5, 0.6) is 0 Å². The van der Waals surface area contributed by atoms with E-state index < -0.39 is 23.0 Å². The molecule has 0 spiro atoms. The van der Waals surface area contributed by atoms with Crippen LogP contribution < -0.4 is 0 Å². The molecule has 3 aromatic rings. The van der Waals surface area contributed by atoms with Crippen molar-refractivity contribution in [3.05, 3.63) is 23.7 Å². The molecule has 0 saturated heterocycles. The predicted molar refractivity (Wildman–Crippen MR) is 94.6 cm³/mol. The smallest absolute Gasteiger partial charge is 0.433 e. The highest BCUT2D eigenvalue weighted by atomic mass is 32.2. The van der Waals surface area contributed by atoms with Crippen LogP contribution in [0.2, 0.25) is 0 Å². The quantitative estimate of drug-likeness (QED) is 0.636. The van der Waals surface area contributed by atoms with E-state index >= 15 is 0 Å². The summed E-state index contributed by atoms with van der Waals surface area (Å²) in [6.45, 7) is 2.58. The van der Waals surface area contributed by atoms with Crippen molar-refractivity contribution in [3.8, 4) is 11.5 Å². The number of alkyl halides is 3. The van der Waals surface area contributed by atoms with Crippen molar-refractivity contribution in [1.29, 1.82) is 0 Å². The van der Waals surface area contributed by atoms with Crippen molar-refractivity contribution in [2.45, 2.75) is 43.8 Å². The van der Waals surface area contributed by atoms with Gasteiger partial charge in [-0.05, 0) is 43.4 Å². The molecule has 27 heavy (non-hydrogen) atoms. The molecular weight excluding hydrogens is 379 g/mol. The number of rotatable bonds is 3. The first-order valence-electron chi connectivity index (χ1n) is 8.69. The molecule has 6 nitrogen and oxygen atoms in total. The van der Waals surface area contributed by atoms with Crippen LogP contribution in [-0.2, 0) is 37.4 Å². The maximum atomic E-state index is 13.0. The largest absolute Gasteiger partial charge is 0.611 e. The maximum Gasteiger partial charge on any atom is 0.433 e. The van der Waals surface area contributed by atoms with Gasteiger partial charge in [0.25, 0.3) is 0 Å². The fourth-order valence-electron chi connectivity index (χ4n) is 3.45. The Bertz CT molecular complexity index is 1010. The number of fused-ring (bicyclic) bond motifs is 2. The molecule has 1 aliphatic heterocycles. The Morgan fingerprint density at radius 2 is 2.07 bits per heavy atom. The molecular formula is C17H18F3N5OS. The second kappa shape index (κ2) is 6.52. The van der Waals surface area contributed by atoms with Crippen molar-refractivity contribution in [2.75, 3.05) is 5.75 Å². The molecule has 0 saturated carbocycles. The number of hydrogen-bond donors (Lipinski definition) is 0. The second-order valence-corrected chi connectivity index (χ2v) is 8.17. The zero-order chi connectivity index (χ0) is 19.3. The summed E-state index contributed by atoms with van der Waals surface area (Å²) in [7, 11) is 1.70. The standard InChI is InChI=1S/C17H18F3N5OS/c1-3-27(26)15-11-6-4-5-7-25(11)23-14(15)16-22-10-8-13(17(18,19)20)21-9-12(10)24(16)2/h8-9H,3-7H2,1-2H3. The third kappa shape index (κ3) is 3.00. The highest BCUT2D eigenvalue weighted by Gasteiger charge is 2.34. The summed E-state index contributed by atoms with van der Waals surface area (Å²) in [5.74, 6) is 0.847. The summed E-state index contributed by atoms with van der Waals surface area (Å²) in [6, 6.07) is 0.936. The van der Waals surface area contributed by atoms with Gasteiger partial charge in [-0.25, -0.2) is 9.97 Å². The Morgan fingerprint density at radius 1 is 1.30 bits per heavy atom. The molecule has 10 heteroatoms. The van der Waals surface area contributed by atoms with Crippen LogP contribution in [-0.4, -0.2) is 34.6 Å². The van der Waals surface area contributed by atoms with Crippen LogP contribution in [0.1, 0.15) is 31.2 Å². The van der Waals surface area contributed by atoms with Crippen molar-refractivity contribution in [3.63, 3.8) is 0 Å². The van der Waals surface area contributed by atoms with Crippen LogP contribution in [0.25, 0.3) is 22.6 Å². The van der Waals surface area contributed by atoms with E-state index in [4.69, 9.17) is 0 Å². The summed E-state index contributed by atoms with van der Waals surface area (Å²) in [6.07, 6.45) is -0.582. The van der Waals surface area contributed by atoms with E-state index in [9.17, 15) is 17.7 Å². The lowest BCUT2D eigenvalue weighted by Crippen LogP contribution is -2.14. The number of halogens is 3. The van der Waals surface area contributed by atoms with Gasteiger partial charge >= 0.3 is 6.18 Å². The van der Waals surface area contributed by atoms with E-state index in [0.29, 0.717) is 27.7 Å². The van der Waals surface area contributed by atoms with Crippen molar-refractivity contribution < 1.29 is 17.7 Å². The number of aromatic nitrogens is 5. The summed E-state index contributed by atoms with van der Waals surface area (Å²) >= 11 is -1.24. The van der Waals surface area contributed by atoms with Crippen molar-refractivity contribution in [2.24, 2.45) is 7.05 Å². The first-order chi connectivity index (χ1) is 12.8. The molecule has 4 rings (SSSR count). The van der Waals surface area contributed by atoms with E-state index in [0.717, 1.165) is 37.6 Å². The Kier molecular flexibility index (Phi) is 4.42. The minimum absolute atomic E-state index is 0.189. The average Bonchev–Trinajstić information content (AvgIpc) is 3.18. The monoisotopic (exact) mass is 397 g/mol. The third-order valence-corrected chi connectivity index (χ3v) is 6.21. The van der Waals surface area contributed by atoms with E-state index in [1.165, 1.54) is 6.20 Å². The topological polar surface area (TPSA) is 71.6 Å². The molecule has 144 valence electrons. The van der Waals surface area contributed by atoms with E-state index in [1.807, 2.05) is 11.6 Å². The Morgan fingerprint density at radius 3 is 2.78 bits per heavy atom. The van der Waals surface area contributed by atoms with Gasteiger partial charge in [0.15, 0.2) is 11.5 Å². The molecule has 0 bridgehead atoms. The van der Waals surface area contributed by atoms with Gasteiger partial charge in [-0.1, -0.05) is 0 Å². The van der Waals surface area contributed by atoms with E-state index in [-0.39, 0.29) is 5.52 Å². The normalized spacial score (nSPS) is 15.9. The lowest BCUT2D eigenvalue weighted by Gasteiger charge is -2.15.